The Labute approximate surface area is 122 Å². The summed E-state index contributed by atoms with van der Waals surface area (Å²) in [6.07, 6.45) is 1.67. The van der Waals surface area contributed by atoms with Gasteiger partial charge in [-0.15, -0.1) is 10.2 Å². The minimum absolute atomic E-state index is 0.224. The maximum Gasteiger partial charge on any atom is 0.165 e. The number of nitrogens with one attached hydrogen (secondary N) is 1. The van der Waals surface area contributed by atoms with Gasteiger partial charge in [0, 0.05) is 24.8 Å². The fourth-order valence-corrected chi connectivity index (χ4v) is 2.16. The van der Waals surface area contributed by atoms with Gasteiger partial charge in [0.25, 0.3) is 0 Å². The first-order chi connectivity index (χ1) is 10.2. The molecular formula is C16H15FN4. The van der Waals surface area contributed by atoms with Crippen molar-refractivity contribution in [3.05, 3.63) is 66.2 Å². The molecule has 21 heavy (non-hydrogen) atoms. The molecule has 0 fully saturated rings. The van der Waals surface area contributed by atoms with Crippen LogP contribution in [0.3, 0.4) is 0 Å². The molecule has 3 aromatic rings. The van der Waals surface area contributed by atoms with Crippen molar-refractivity contribution in [3.8, 4) is 11.4 Å². The Balaban J connectivity index is 1.83. The summed E-state index contributed by atoms with van der Waals surface area (Å²) in [5, 5.41) is 11.4. The van der Waals surface area contributed by atoms with Gasteiger partial charge in [-0.25, -0.2) is 4.39 Å². The molecule has 0 aliphatic heterocycles. The van der Waals surface area contributed by atoms with Gasteiger partial charge < -0.3 is 9.88 Å². The lowest BCUT2D eigenvalue weighted by atomic mass is 10.1. The van der Waals surface area contributed by atoms with Crippen molar-refractivity contribution < 1.29 is 4.39 Å². The second-order valence-corrected chi connectivity index (χ2v) is 4.79. The van der Waals surface area contributed by atoms with Gasteiger partial charge in [-0.05, 0) is 29.8 Å². The van der Waals surface area contributed by atoms with Crippen LogP contribution < -0.4 is 5.32 Å². The van der Waals surface area contributed by atoms with E-state index in [1.807, 2.05) is 35.9 Å². The van der Waals surface area contributed by atoms with E-state index in [1.165, 1.54) is 12.1 Å². The second kappa shape index (κ2) is 5.75. The summed E-state index contributed by atoms with van der Waals surface area (Å²) in [5.41, 5.74) is 2.97. The Bertz CT molecular complexity index is 734. The summed E-state index contributed by atoms with van der Waals surface area (Å²) in [5.74, 6) is 0.579. The third-order valence-corrected chi connectivity index (χ3v) is 3.28. The number of aromatic nitrogens is 3. The number of anilines is 1. The van der Waals surface area contributed by atoms with Gasteiger partial charge in [-0.2, -0.15) is 0 Å². The number of nitrogens with zero attached hydrogens (tertiary/aromatic N) is 3. The summed E-state index contributed by atoms with van der Waals surface area (Å²) in [4.78, 5) is 0. The first kappa shape index (κ1) is 13.3. The number of aryl methyl sites for hydroxylation is 1. The van der Waals surface area contributed by atoms with Crippen LogP contribution in [0.15, 0.2) is 54.9 Å². The molecular weight excluding hydrogens is 267 g/mol. The average Bonchev–Trinajstić information content (AvgIpc) is 2.93. The summed E-state index contributed by atoms with van der Waals surface area (Å²) in [6.45, 7) is 0.620. The highest BCUT2D eigenvalue weighted by Crippen LogP contribution is 2.25. The van der Waals surface area contributed by atoms with Crippen molar-refractivity contribution in [1.29, 1.82) is 0 Å². The van der Waals surface area contributed by atoms with Gasteiger partial charge in [-0.1, -0.05) is 24.3 Å². The van der Waals surface area contributed by atoms with Crippen LogP contribution in [0.25, 0.3) is 11.4 Å². The monoisotopic (exact) mass is 282 g/mol. The topological polar surface area (TPSA) is 42.7 Å². The van der Waals surface area contributed by atoms with Gasteiger partial charge in [0.15, 0.2) is 5.82 Å². The van der Waals surface area contributed by atoms with E-state index in [2.05, 4.69) is 15.5 Å². The van der Waals surface area contributed by atoms with E-state index in [0.29, 0.717) is 6.54 Å². The predicted octanol–water partition coefficient (Wildman–Crippen LogP) is 3.23. The van der Waals surface area contributed by atoms with E-state index in [-0.39, 0.29) is 5.82 Å². The minimum Gasteiger partial charge on any atom is -0.380 e. The second-order valence-electron chi connectivity index (χ2n) is 4.79. The Kier molecular flexibility index (Phi) is 3.64. The Morgan fingerprint density at radius 3 is 2.57 bits per heavy atom. The summed E-state index contributed by atoms with van der Waals surface area (Å²) < 4.78 is 14.8. The number of halogens is 1. The largest absolute Gasteiger partial charge is 0.380 e. The summed E-state index contributed by atoms with van der Waals surface area (Å²) >= 11 is 0. The molecule has 0 radical (unpaired) electrons. The summed E-state index contributed by atoms with van der Waals surface area (Å²) in [7, 11) is 1.91. The molecule has 0 aliphatic carbocycles. The molecule has 5 heteroatoms. The quantitative estimate of drug-likeness (QED) is 0.799. The predicted molar refractivity (Wildman–Crippen MR) is 80.2 cm³/mol. The lowest BCUT2D eigenvalue weighted by Crippen LogP contribution is -2.02. The van der Waals surface area contributed by atoms with Crippen LogP contribution in [0.1, 0.15) is 5.56 Å². The first-order valence-corrected chi connectivity index (χ1v) is 6.66. The third kappa shape index (κ3) is 2.91. The normalized spacial score (nSPS) is 10.6. The Morgan fingerprint density at radius 2 is 1.86 bits per heavy atom. The van der Waals surface area contributed by atoms with Gasteiger partial charge in [-0.3, -0.25) is 0 Å². The standard InChI is InChI=1S/C16H15FN4/c1-21-11-19-20-16(21)14-4-2-3-5-15(14)18-10-12-6-8-13(17)9-7-12/h2-9,11,18H,10H2,1H3. The molecule has 0 bridgehead atoms. The lowest BCUT2D eigenvalue weighted by molar-refractivity contribution is 0.627. The van der Waals surface area contributed by atoms with Crippen LogP contribution in [0, 0.1) is 5.82 Å². The molecule has 106 valence electrons. The zero-order valence-electron chi connectivity index (χ0n) is 11.6. The molecule has 0 spiro atoms. The Morgan fingerprint density at radius 1 is 1.10 bits per heavy atom. The smallest absolute Gasteiger partial charge is 0.165 e. The molecule has 3 rings (SSSR count). The number of hydrogen-bond donors (Lipinski definition) is 1. The molecule has 1 N–H and O–H groups in total. The maximum absolute atomic E-state index is 12.9. The van der Waals surface area contributed by atoms with Crippen LogP contribution in [0.4, 0.5) is 10.1 Å². The van der Waals surface area contributed by atoms with Gasteiger partial charge in [0.05, 0.1) is 0 Å². The maximum atomic E-state index is 12.9. The van der Waals surface area contributed by atoms with Gasteiger partial charge in [0.1, 0.15) is 12.1 Å². The van der Waals surface area contributed by atoms with Crippen molar-refractivity contribution in [1.82, 2.24) is 14.8 Å². The number of para-hydroxylation sites is 1. The molecule has 0 saturated heterocycles. The third-order valence-electron chi connectivity index (χ3n) is 3.28. The van der Waals surface area contributed by atoms with E-state index in [0.717, 1.165) is 22.6 Å². The molecule has 0 saturated carbocycles. The molecule has 4 nitrogen and oxygen atoms in total. The molecule has 0 aliphatic rings. The van der Waals surface area contributed by atoms with Crippen molar-refractivity contribution in [2.24, 2.45) is 7.05 Å². The van der Waals surface area contributed by atoms with Gasteiger partial charge in [0.2, 0.25) is 0 Å². The van der Waals surface area contributed by atoms with E-state index in [4.69, 9.17) is 0 Å². The van der Waals surface area contributed by atoms with Crippen molar-refractivity contribution >= 4 is 5.69 Å². The minimum atomic E-state index is -0.224. The van der Waals surface area contributed by atoms with Crippen LogP contribution in [0.5, 0.6) is 0 Å². The zero-order chi connectivity index (χ0) is 14.7. The summed E-state index contributed by atoms with van der Waals surface area (Å²) in [6, 6.07) is 14.4. The highest BCUT2D eigenvalue weighted by Gasteiger charge is 2.09. The van der Waals surface area contributed by atoms with Gasteiger partial charge >= 0.3 is 0 Å². The lowest BCUT2D eigenvalue weighted by Gasteiger charge is -2.11. The molecule has 0 atom stereocenters. The highest BCUT2D eigenvalue weighted by molar-refractivity contribution is 5.73. The highest BCUT2D eigenvalue weighted by atomic mass is 19.1. The zero-order valence-corrected chi connectivity index (χ0v) is 11.6. The van der Waals surface area contributed by atoms with E-state index < -0.39 is 0 Å². The van der Waals surface area contributed by atoms with Crippen molar-refractivity contribution in [3.63, 3.8) is 0 Å². The van der Waals surface area contributed by atoms with Crippen molar-refractivity contribution in [2.75, 3.05) is 5.32 Å². The Hall–Kier alpha value is -2.69. The fourth-order valence-electron chi connectivity index (χ4n) is 2.16. The number of benzene rings is 2. The number of rotatable bonds is 4. The van der Waals surface area contributed by atoms with Crippen LogP contribution in [-0.4, -0.2) is 14.8 Å². The average molecular weight is 282 g/mol. The van der Waals surface area contributed by atoms with Crippen LogP contribution in [0.2, 0.25) is 0 Å². The van der Waals surface area contributed by atoms with Crippen molar-refractivity contribution in [2.45, 2.75) is 6.54 Å². The fraction of sp³-hybridized carbons (Fsp3) is 0.125. The van der Waals surface area contributed by atoms with E-state index in [1.54, 1.807) is 18.5 Å². The molecule has 1 heterocycles. The van der Waals surface area contributed by atoms with E-state index >= 15 is 0 Å². The van der Waals surface area contributed by atoms with Crippen LogP contribution in [-0.2, 0) is 13.6 Å². The SMILES string of the molecule is Cn1cnnc1-c1ccccc1NCc1ccc(F)cc1. The first-order valence-electron chi connectivity index (χ1n) is 6.66. The number of hydrogen-bond acceptors (Lipinski definition) is 3. The van der Waals surface area contributed by atoms with Crippen LogP contribution >= 0.6 is 0 Å². The molecule has 1 aromatic heterocycles. The molecule has 0 unspecified atom stereocenters. The molecule has 2 aromatic carbocycles. The molecule has 0 amide bonds. The van der Waals surface area contributed by atoms with E-state index in [9.17, 15) is 4.39 Å².